The summed E-state index contributed by atoms with van der Waals surface area (Å²) in [6, 6.07) is 0. The second kappa shape index (κ2) is 37.6. The molecule has 0 saturated heterocycles. The maximum Gasteiger partial charge on any atom is 0.306 e. The SMILES string of the molecule is CCCCCCCC/C=C\C/C=C\C/C=C\CCCC(=O)OC[C@H](CO)OC(=O)CCCCCCCCCCCCCCCCC. The van der Waals surface area contributed by atoms with Crippen molar-refractivity contribution >= 4 is 11.9 Å². The van der Waals surface area contributed by atoms with Gasteiger partial charge in [0.1, 0.15) is 6.61 Å². The Balaban J connectivity index is 3.63. The quantitative estimate of drug-likeness (QED) is 0.0421. The summed E-state index contributed by atoms with van der Waals surface area (Å²) in [5.41, 5.74) is 0. The maximum absolute atomic E-state index is 12.1. The Morgan fingerprint density at radius 1 is 0.500 bits per heavy atom. The van der Waals surface area contributed by atoms with Crippen LogP contribution in [0.3, 0.4) is 0 Å². The van der Waals surface area contributed by atoms with E-state index in [9.17, 15) is 14.7 Å². The average molecular weight is 647 g/mol. The fourth-order valence-corrected chi connectivity index (χ4v) is 5.45. The lowest BCUT2D eigenvalue weighted by Gasteiger charge is -2.15. The van der Waals surface area contributed by atoms with Gasteiger partial charge in [-0.25, -0.2) is 0 Å². The minimum Gasteiger partial charge on any atom is -0.462 e. The molecular weight excluding hydrogens is 572 g/mol. The predicted octanol–water partition coefficient (Wildman–Crippen LogP) is 12.1. The normalized spacial score (nSPS) is 12.5. The molecule has 5 nitrogen and oxygen atoms in total. The fraction of sp³-hybridized carbons (Fsp3) is 0.805. The van der Waals surface area contributed by atoms with Gasteiger partial charge in [0.25, 0.3) is 0 Å². The van der Waals surface area contributed by atoms with Crippen molar-refractivity contribution in [3.63, 3.8) is 0 Å². The van der Waals surface area contributed by atoms with Crippen molar-refractivity contribution in [1.82, 2.24) is 0 Å². The Bertz CT molecular complexity index is 741. The number of carbonyl (C=O) groups excluding carboxylic acids is 2. The summed E-state index contributed by atoms with van der Waals surface area (Å²) in [6.07, 6.45) is 44.9. The smallest absolute Gasteiger partial charge is 0.306 e. The van der Waals surface area contributed by atoms with Crippen molar-refractivity contribution in [2.75, 3.05) is 13.2 Å². The summed E-state index contributed by atoms with van der Waals surface area (Å²) >= 11 is 0. The summed E-state index contributed by atoms with van der Waals surface area (Å²) in [6.45, 7) is 4.09. The third-order valence-corrected chi connectivity index (χ3v) is 8.44. The van der Waals surface area contributed by atoms with Crippen LogP contribution in [0.2, 0.25) is 0 Å². The van der Waals surface area contributed by atoms with Gasteiger partial charge >= 0.3 is 11.9 Å². The molecule has 0 aliphatic rings. The zero-order valence-electron chi connectivity index (χ0n) is 30.3. The number of aliphatic hydroxyl groups is 1. The minimum absolute atomic E-state index is 0.0893. The first-order valence-corrected chi connectivity index (χ1v) is 19.5. The first kappa shape index (κ1) is 44.1. The van der Waals surface area contributed by atoms with Gasteiger partial charge in [-0.05, 0) is 44.9 Å². The summed E-state index contributed by atoms with van der Waals surface area (Å²) < 4.78 is 10.6. The molecule has 0 unspecified atom stereocenters. The number of rotatable bonds is 35. The zero-order valence-corrected chi connectivity index (χ0v) is 30.3. The lowest BCUT2D eigenvalue weighted by atomic mass is 10.0. The van der Waals surface area contributed by atoms with Crippen molar-refractivity contribution < 1.29 is 24.2 Å². The lowest BCUT2D eigenvalue weighted by molar-refractivity contribution is -0.161. The van der Waals surface area contributed by atoms with Crippen LogP contribution in [-0.4, -0.2) is 36.4 Å². The van der Waals surface area contributed by atoms with E-state index >= 15 is 0 Å². The third kappa shape index (κ3) is 35.0. The molecule has 46 heavy (non-hydrogen) atoms. The molecule has 0 saturated carbocycles. The molecule has 5 heteroatoms. The van der Waals surface area contributed by atoms with Crippen molar-refractivity contribution in [2.45, 2.75) is 200 Å². The van der Waals surface area contributed by atoms with Gasteiger partial charge in [-0.2, -0.15) is 0 Å². The molecule has 0 aliphatic carbocycles. The average Bonchev–Trinajstić information content (AvgIpc) is 3.06. The highest BCUT2D eigenvalue weighted by atomic mass is 16.6. The Labute approximate surface area is 285 Å². The van der Waals surface area contributed by atoms with E-state index in [1.807, 2.05) is 0 Å². The highest BCUT2D eigenvalue weighted by molar-refractivity contribution is 5.70. The number of hydrogen-bond acceptors (Lipinski definition) is 5. The fourth-order valence-electron chi connectivity index (χ4n) is 5.45. The van der Waals surface area contributed by atoms with Crippen LogP contribution in [0.15, 0.2) is 36.5 Å². The summed E-state index contributed by atoms with van der Waals surface area (Å²) in [5, 5.41) is 9.54. The van der Waals surface area contributed by atoms with E-state index in [2.05, 4.69) is 50.3 Å². The summed E-state index contributed by atoms with van der Waals surface area (Å²) in [5.74, 6) is -0.647. The van der Waals surface area contributed by atoms with Gasteiger partial charge in [-0.3, -0.25) is 9.59 Å². The maximum atomic E-state index is 12.1. The number of hydrogen-bond donors (Lipinski definition) is 1. The van der Waals surface area contributed by atoms with Crippen LogP contribution in [0.1, 0.15) is 194 Å². The highest BCUT2D eigenvalue weighted by Gasteiger charge is 2.16. The molecule has 0 heterocycles. The first-order chi connectivity index (χ1) is 22.6. The van der Waals surface area contributed by atoms with Crippen molar-refractivity contribution in [2.24, 2.45) is 0 Å². The summed E-state index contributed by atoms with van der Waals surface area (Å²) in [7, 11) is 0. The molecule has 1 N–H and O–H groups in total. The molecule has 1 atom stereocenters. The van der Waals surface area contributed by atoms with E-state index in [-0.39, 0.29) is 25.2 Å². The molecule has 0 aliphatic heterocycles. The molecule has 0 aromatic carbocycles. The third-order valence-electron chi connectivity index (χ3n) is 8.44. The minimum atomic E-state index is -0.787. The number of unbranched alkanes of at least 4 members (excludes halogenated alkanes) is 21. The molecule has 0 spiro atoms. The lowest BCUT2D eigenvalue weighted by Crippen LogP contribution is -2.28. The molecule has 0 fully saturated rings. The van der Waals surface area contributed by atoms with Crippen molar-refractivity contribution in [3.05, 3.63) is 36.5 Å². The van der Waals surface area contributed by atoms with Gasteiger partial charge in [0, 0.05) is 12.8 Å². The van der Waals surface area contributed by atoms with E-state index in [1.54, 1.807) is 0 Å². The Morgan fingerprint density at radius 2 is 0.891 bits per heavy atom. The number of ether oxygens (including phenoxy) is 2. The number of carbonyl (C=O) groups is 2. The van der Waals surface area contributed by atoms with E-state index in [1.165, 1.54) is 122 Å². The molecule has 0 bridgehead atoms. The Morgan fingerprint density at radius 3 is 1.37 bits per heavy atom. The molecule has 0 aromatic heterocycles. The van der Waals surface area contributed by atoms with Crippen LogP contribution in [0.5, 0.6) is 0 Å². The number of aliphatic hydroxyl groups excluding tert-OH is 1. The standard InChI is InChI=1S/C41H74O5/c1-3-5-7-9-11-13-15-17-19-20-22-23-25-27-29-31-33-35-40(43)45-38-39(37-42)46-41(44)36-34-32-30-28-26-24-21-18-16-14-12-10-8-6-4-2/h17,19,22-23,27,29,39,42H,3-16,18,20-21,24-26,28,30-38H2,1-2H3/b19-17-,23-22-,29-27-/t39-/m0/s1. The molecule has 268 valence electrons. The first-order valence-electron chi connectivity index (χ1n) is 19.5. The van der Waals surface area contributed by atoms with E-state index in [0.29, 0.717) is 19.3 Å². The van der Waals surface area contributed by atoms with Gasteiger partial charge in [-0.15, -0.1) is 0 Å². The van der Waals surface area contributed by atoms with Crippen molar-refractivity contribution in [1.29, 1.82) is 0 Å². The molecular formula is C41H74O5. The van der Waals surface area contributed by atoms with Crippen LogP contribution < -0.4 is 0 Å². The Hall–Kier alpha value is -1.88. The van der Waals surface area contributed by atoms with Crippen molar-refractivity contribution in [3.8, 4) is 0 Å². The Kier molecular flexibility index (Phi) is 36.0. The molecule has 0 aromatic rings. The monoisotopic (exact) mass is 647 g/mol. The van der Waals surface area contributed by atoms with Crippen LogP contribution in [0, 0.1) is 0 Å². The molecule has 0 amide bonds. The van der Waals surface area contributed by atoms with E-state index < -0.39 is 6.10 Å². The van der Waals surface area contributed by atoms with Crippen LogP contribution in [0.4, 0.5) is 0 Å². The molecule has 0 rings (SSSR count). The van der Waals surface area contributed by atoms with Gasteiger partial charge < -0.3 is 14.6 Å². The van der Waals surface area contributed by atoms with Gasteiger partial charge in [0.2, 0.25) is 0 Å². The largest absolute Gasteiger partial charge is 0.462 e. The zero-order chi connectivity index (χ0) is 33.6. The van der Waals surface area contributed by atoms with Gasteiger partial charge in [-0.1, -0.05) is 172 Å². The van der Waals surface area contributed by atoms with Crippen LogP contribution >= 0.6 is 0 Å². The molecule has 0 radical (unpaired) electrons. The second-order valence-corrected chi connectivity index (χ2v) is 13.0. The topological polar surface area (TPSA) is 72.8 Å². The van der Waals surface area contributed by atoms with Crippen LogP contribution in [0.25, 0.3) is 0 Å². The van der Waals surface area contributed by atoms with Gasteiger partial charge in [0.15, 0.2) is 6.10 Å². The van der Waals surface area contributed by atoms with Crippen LogP contribution in [-0.2, 0) is 19.1 Å². The second-order valence-electron chi connectivity index (χ2n) is 13.0. The summed E-state index contributed by atoms with van der Waals surface area (Å²) in [4.78, 5) is 24.2. The number of allylic oxidation sites excluding steroid dienone is 6. The number of esters is 2. The van der Waals surface area contributed by atoms with Gasteiger partial charge in [0.05, 0.1) is 6.61 Å². The predicted molar refractivity (Wildman–Crippen MR) is 196 cm³/mol. The highest BCUT2D eigenvalue weighted by Crippen LogP contribution is 2.14. The van der Waals surface area contributed by atoms with E-state index in [0.717, 1.165) is 38.5 Å². The van der Waals surface area contributed by atoms with E-state index in [4.69, 9.17) is 9.47 Å².